The van der Waals surface area contributed by atoms with Crippen molar-refractivity contribution in [1.29, 1.82) is 0 Å². The number of rotatable bonds is 9. The van der Waals surface area contributed by atoms with Gasteiger partial charge >= 0.3 is 0 Å². The Labute approximate surface area is 160 Å². The van der Waals surface area contributed by atoms with Crippen LogP contribution in [-0.4, -0.2) is 38.8 Å². The first kappa shape index (κ1) is 21.1. The zero-order valence-corrected chi connectivity index (χ0v) is 16.4. The minimum atomic E-state index is -3.62. The first-order valence-corrected chi connectivity index (χ1v) is 10.4. The molecule has 0 aromatic heterocycles. The van der Waals surface area contributed by atoms with E-state index in [0.717, 1.165) is 18.4 Å². The zero-order chi connectivity index (χ0) is 19.9. The van der Waals surface area contributed by atoms with Gasteiger partial charge in [0.15, 0.2) is 0 Å². The van der Waals surface area contributed by atoms with Gasteiger partial charge in [-0.2, -0.15) is 0 Å². The van der Waals surface area contributed by atoms with E-state index in [1.807, 2.05) is 6.92 Å². The van der Waals surface area contributed by atoms with Crippen LogP contribution in [0.2, 0.25) is 0 Å². The molecule has 0 saturated heterocycles. The average Bonchev–Trinajstić information content (AvgIpc) is 2.67. The Kier molecular flexibility index (Phi) is 7.50. The molecule has 5 nitrogen and oxygen atoms in total. The summed E-state index contributed by atoms with van der Waals surface area (Å²) in [4.78, 5) is 12.4. The number of nitrogens with one attached hydrogen (secondary N) is 1. The molecular formula is C20H25FN2O3S. The van der Waals surface area contributed by atoms with Crippen LogP contribution in [0, 0.1) is 5.82 Å². The number of nitrogens with zero attached hydrogens (tertiary/aromatic N) is 1. The molecule has 1 N–H and O–H groups in total. The van der Waals surface area contributed by atoms with E-state index in [-0.39, 0.29) is 16.6 Å². The van der Waals surface area contributed by atoms with Crippen molar-refractivity contribution in [3.8, 4) is 0 Å². The highest BCUT2D eigenvalue weighted by molar-refractivity contribution is 7.89. The van der Waals surface area contributed by atoms with Gasteiger partial charge in [0.1, 0.15) is 5.82 Å². The summed E-state index contributed by atoms with van der Waals surface area (Å²) in [7, 11) is -2.07. The van der Waals surface area contributed by atoms with Crippen LogP contribution in [0.1, 0.15) is 35.7 Å². The Morgan fingerprint density at radius 1 is 1.15 bits per heavy atom. The molecule has 2 aromatic rings. The van der Waals surface area contributed by atoms with Crippen LogP contribution in [0.25, 0.3) is 0 Å². The predicted molar refractivity (Wildman–Crippen MR) is 104 cm³/mol. The molecule has 0 heterocycles. The fourth-order valence-electron chi connectivity index (χ4n) is 2.55. The molecule has 0 fully saturated rings. The number of hydrogen-bond acceptors (Lipinski definition) is 3. The Bertz CT molecular complexity index is 867. The van der Waals surface area contributed by atoms with Gasteiger partial charge in [-0.15, -0.1) is 0 Å². The third-order valence-corrected chi connectivity index (χ3v) is 6.10. The molecule has 0 radical (unpaired) electrons. The van der Waals surface area contributed by atoms with E-state index in [2.05, 4.69) is 5.32 Å². The van der Waals surface area contributed by atoms with Gasteiger partial charge < -0.3 is 5.32 Å². The number of benzene rings is 2. The van der Waals surface area contributed by atoms with Gasteiger partial charge in [-0.3, -0.25) is 4.79 Å². The Morgan fingerprint density at radius 3 is 2.52 bits per heavy atom. The predicted octanol–water partition coefficient (Wildman–Crippen LogP) is 3.22. The smallest absolute Gasteiger partial charge is 0.251 e. The van der Waals surface area contributed by atoms with Crippen LogP contribution < -0.4 is 5.32 Å². The van der Waals surface area contributed by atoms with E-state index >= 15 is 0 Å². The van der Waals surface area contributed by atoms with E-state index in [1.165, 1.54) is 28.6 Å². The van der Waals surface area contributed by atoms with Gasteiger partial charge in [-0.1, -0.05) is 31.5 Å². The van der Waals surface area contributed by atoms with Gasteiger partial charge in [-0.05, 0) is 48.7 Å². The summed E-state index contributed by atoms with van der Waals surface area (Å²) in [6, 6.07) is 12.1. The average molecular weight is 392 g/mol. The monoisotopic (exact) mass is 392 g/mol. The topological polar surface area (TPSA) is 66.5 Å². The summed E-state index contributed by atoms with van der Waals surface area (Å²) in [5.74, 6) is -0.643. The van der Waals surface area contributed by atoms with Gasteiger partial charge in [0, 0.05) is 25.7 Å². The molecule has 2 rings (SSSR count). The van der Waals surface area contributed by atoms with Crippen molar-refractivity contribution in [2.75, 3.05) is 20.1 Å². The van der Waals surface area contributed by atoms with E-state index in [9.17, 15) is 17.6 Å². The molecule has 7 heteroatoms. The van der Waals surface area contributed by atoms with Crippen LogP contribution in [0.15, 0.2) is 53.4 Å². The number of carbonyl (C=O) groups is 1. The van der Waals surface area contributed by atoms with Crippen LogP contribution in [0.5, 0.6) is 0 Å². The highest BCUT2D eigenvalue weighted by atomic mass is 32.2. The SMILES string of the molecule is CCCCN(C)S(=O)(=O)c1cccc(C(=O)NCCc2ccc(F)cc2)c1. The maximum atomic E-state index is 12.9. The Balaban J connectivity index is 2.01. The van der Waals surface area contributed by atoms with E-state index < -0.39 is 10.0 Å². The van der Waals surface area contributed by atoms with Gasteiger partial charge in [0.2, 0.25) is 10.0 Å². The molecule has 146 valence electrons. The van der Waals surface area contributed by atoms with Crippen molar-refractivity contribution in [1.82, 2.24) is 9.62 Å². The number of hydrogen-bond donors (Lipinski definition) is 1. The summed E-state index contributed by atoms with van der Waals surface area (Å²) in [5, 5.41) is 2.76. The molecule has 0 atom stereocenters. The number of carbonyl (C=O) groups excluding carboxylic acids is 1. The lowest BCUT2D eigenvalue weighted by Gasteiger charge is -2.17. The molecule has 0 aliphatic heterocycles. The molecule has 0 spiro atoms. The lowest BCUT2D eigenvalue weighted by atomic mass is 10.1. The standard InChI is InChI=1S/C20H25FN2O3S/c1-3-4-14-23(2)27(25,26)19-7-5-6-17(15-19)20(24)22-13-12-16-8-10-18(21)11-9-16/h5-11,15H,3-4,12-14H2,1-2H3,(H,22,24). The molecule has 27 heavy (non-hydrogen) atoms. The summed E-state index contributed by atoms with van der Waals surface area (Å²) >= 11 is 0. The highest BCUT2D eigenvalue weighted by Gasteiger charge is 2.21. The van der Waals surface area contributed by atoms with Crippen molar-refractivity contribution in [2.45, 2.75) is 31.1 Å². The summed E-state index contributed by atoms with van der Waals surface area (Å²) in [6.45, 7) is 2.81. The Hall–Kier alpha value is -2.25. The number of amides is 1. The summed E-state index contributed by atoms with van der Waals surface area (Å²) in [6.07, 6.45) is 2.24. The van der Waals surface area contributed by atoms with Crippen LogP contribution in [0.3, 0.4) is 0 Å². The van der Waals surface area contributed by atoms with Crippen LogP contribution in [-0.2, 0) is 16.4 Å². The largest absolute Gasteiger partial charge is 0.352 e. The zero-order valence-electron chi connectivity index (χ0n) is 15.6. The maximum Gasteiger partial charge on any atom is 0.251 e. The van der Waals surface area contributed by atoms with Crippen LogP contribution in [0.4, 0.5) is 4.39 Å². The van der Waals surface area contributed by atoms with Gasteiger partial charge in [0.05, 0.1) is 4.90 Å². The van der Waals surface area contributed by atoms with Crippen molar-refractivity contribution < 1.29 is 17.6 Å². The second-order valence-electron chi connectivity index (χ2n) is 6.34. The lowest BCUT2D eigenvalue weighted by Crippen LogP contribution is -2.29. The van der Waals surface area contributed by atoms with Crippen LogP contribution >= 0.6 is 0 Å². The van der Waals surface area contributed by atoms with E-state index in [0.29, 0.717) is 25.1 Å². The Morgan fingerprint density at radius 2 is 1.85 bits per heavy atom. The first-order chi connectivity index (χ1) is 12.8. The molecule has 0 aliphatic carbocycles. The highest BCUT2D eigenvalue weighted by Crippen LogP contribution is 2.16. The molecule has 1 amide bonds. The fraction of sp³-hybridized carbons (Fsp3) is 0.350. The van der Waals surface area contributed by atoms with E-state index in [1.54, 1.807) is 31.3 Å². The third kappa shape index (κ3) is 5.87. The summed E-state index contributed by atoms with van der Waals surface area (Å²) in [5.41, 5.74) is 1.20. The van der Waals surface area contributed by atoms with Crippen molar-refractivity contribution in [3.05, 3.63) is 65.5 Å². The third-order valence-electron chi connectivity index (χ3n) is 4.24. The normalized spacial score (nSPS) is 11.6. The summed E-state index contributed by atoms with van der Waals surface area (Å²) < 4.78 is 39.4. The number of halogens is 1. The quantitative estimate of drug-likeness (QED) is 0.713. The maximum absolute atomic E-state index is 12.9. The van der Waals surface area contributed by atoms with E-state index in [4.69, 9.17) is 0 Å². The van der Waals surface area contributed by atoms with Crippen molar-refractivity contribution in [3.63, 3.8) is 0 Å². The molecular weight excluding hydrogens is 367 g/mol. The minimum absolute atomic E-state index is 0.104. The molecule has 0 bridgehead atoms. The second-order valence-corrected chi connectivity index (χ2v) is 8.39. The fourth-order valence-corrected chi connectivity index (χ4v) is 3.81. The lowest BCUT2D eigenvalue weighted by molar-refractivity contribution is 0.0954. The van der Waals surface area contributed by atoms with Gasteiger partial charge in [-0.25, -0.2) is 17.1 Å². The van der Waals surface area contributed by atoms with Gasteiger partial charge in [0.25, 0.3) is 5.91 Å². The first-order valence-electron chi connectivity index (χ1n) is 8.93. The number of sulfonamides is 1. The van der Waals surface area contributed by atoms with Crippen molar-refractivity contribution >= 4 is 15.9 Å². The molecule has 2 aromatic carbocycles. The minimum Gasteiger partial charge on any atom is -0.352 e. The number of unbranched alkanes of at least 4 members (excludes halogenated alkanes) is 1. The second kappa shape index (κ2) is 9.62. The molecule has 0 saturated carbocycles. The molecule has 0 aliphatic rings. The van der Waals surface area contributed by atoms with Crippen molar-refractivity contribution in [2.24, 2.45) is 0 Å². The molecule has 0 unspecified atom stereocenters.